The maximum atomic E-state index is 4.71. The third kappa shape index (κ3) is 4.23. The van der Waals surface area contributed by atoms with Crippen LogP contribution >= 0.6 is 0 Å². The van der Waals surface area contributed by atoms with Crippen molar-refractivity contribution in [1.29, 1.82) is 0 Å². The summed E-state index contributed by atoms with van der Waals surface area (Å²) in [7, 11) is 0. The molecule has 2 heterocycles. The average molecular weight is 325 g/mol. The van der Waals surface area contributed by atoms with Crippen molar-refractivity contribution in [2.45, 2.75) is 78.1 Å². The number of rotatable bonds is 7. The zero-order valence-corrected chi connectivity index (χ0v) is 16.2. The van der Waals surface area contributed by atoms with E-state index >= 15 is 0 Å². The Balaban J connectivity index is 2.14. The number of hydrogen-bond donors (Lipinski definition) is 0. The van der Waals surface area contributed by atoms with Gasteiger partial charge in [-0.15, -0.1) is 0 Å². The minimum Gasteiger partial charge on any atom is -0.260 e. The van der Waals surface area contributed by atoms with Crippen molar-refractivity contribution in [3.63, 3.8) is 0 Å². The minimum absolute atomic E-state index is 0.0741. The van der Waals surface area contributed by atoms with Crippen molar-refractivity contribution in [3.8, 4) is 0 Å². The summed E-state index contributed by atoms with van der Waals surface area (Å²) in [5, 5.41) is 0. The van der Waals surface area contributed by atoms with Crippen molar-refractivity contribution in [3.05, 3.63) is 59.2 Å². The van der Waals surface area contributed by atoms with Gasteiger partial charge in [0.05, 0.1) is 0 Å². The lowest BCUT2D eigenvalue weighted by Gasteiger charge is -2.31. The van der Waals surface area contributed by atoms with Gasteiger partial charge in [0.25, 0.3) is 0 Å². The number of aryl methyl sites for hydroxylation is 2. The Hall–Kier alpha value is -1.70. The second-order valence-corrected chi connectivity index (χ2v) is 8.04. The van der Waals surface area contributed by atoms with Crippen LogP contribution in [0.2, 0.25) is 0 Å². The number of pyridine rings is 2. The van der Waals surface area contributed by atoms with Gasteiger partial charge in [0.15, 0.2) is 0 Å². The van der Waals surface area contributed by atoms with E-state index in [1.807, 2.05) is 18.5 Å². The van der Waals surface area contributed by atoms with Gasteiger partial charge in [-0.25, -0.2) is 0 Å². The Morgan fingerprint density at radius 3 is 2.12 bits per heavy atom. The van der Waals surface area contributed by atoms with Crippen LogP contribution in [0.5, 0.6) is 0 Å². The van der Waals surface area contributed by atoms with E-state index in [1.54, 1.807) is 0 Å². The Morgan fingerprint density at radius 2 is 1.54 bits per heavy atom. The van der Waals surface area contributed by atoms with Crippen molar-refractivity contribution in [2.75, 3.05) is 0 Å². The molecule has 0 aliphatic heterocycles. The first-order chi connectivity index (χ1) is 11.3. The molecule has 0 radical (unpaired) electrons. The summed E-state index contributed by atoms with van der Waals surface area (Å²) in [6.45, 7) is 13.6. The lowest BCUT2D eigenvalue weighted by Crippen LogP contribution is -2.26. The fourth-order valence-corrected chi connectivity index (χ4v) is 3.24. The first kappa shape index (κ1) is 18.6. The molecule has 0 aliphatic carbocycles. The largest absolute Gasteiger partial charge is 0.260 e. The van der Waals surface area contributed by atoms with E-state index < -0.39 is 0 Å². The van der Waals surface area contributed by atoms with Crippen LogP contribution in [0.3, 0.4) is 0 Å². The topological polar surface area (TPSA) is 25.8 Å². The zero-order chi connectivity index (χ0) is 17.8. The van der Waals surface area contributed by atoms with E-state index in [2.05, 4.69) is 59.7 Å². The molecule has 2 aromatic rings. The Bertz CT molecular complexity index is 654. The van der Waals surface area contributed by atoms with Crippen LogP contribution in [0.1, 0.15) is 76.9 Å². The molecule has 0 N–H and O–H groups in total. The molecule has 0 bridgehead atoms. The van der Waals surface area contributed by atoms with Crippen LogP contribution in [0, 0.1) is 0 Å². The van der Waals surface area contributed by atoms with Gasteiger partial charge in [0.2, 0.25) is 0 Å². The molecule has 130 valence electrons. The zero-order valence-electron chi connectivity index (χ0n) is 16.2. The van der Waals surface area contributed by atoms with Gasteiger partial charge in [-0.2, -0.15) is 0 Å². The molecular formula is C22H32N2. The van der Waals surface area contributed by atoms with E-state index in [0.29, 0.717) is 0 Å². The highest BCUT2D eigenvalue weighted by Gasteiger charge is 2.29. The molecule has 0 saturated carbocycles. The molecule has 2 rings (SSSR count). The molecule has 0 fully saturated rings. The van der Waals surface area contributed by atoms with Crippen molar-refractivity contribution < 1.29 is 0 Å². The molecular weight excluding hydrogens is 292 g/mol. The van der Waals surface area contributed by atoms with Crippen molar-refractivity contribution in [1.82, 2.24) is 9.97 Å². The monoisotopic (exact) mass is 324 g/mol. The van der Waals surface area contributed by atoms with Crippen LogP contribution in [-0.4, -0.2) is 9.97 Å². The Morgan fingerprint density at radius 1 is 0.833 bits per heavy atom. The molecule has 0 aromatic carbocycles. The van der Waals surface area contributed by atoms with E-state index in [-0.39, 0.29) is 10.8 Å². The molecule has 0 saturated heterocycles. The van der Waals surface area contributed by atoms with Crippen molar-refractivity contribution >= 4 is 0 Å². The van der Waals surface area contributed by atoms with E-state index in [4.69, 9.17) is 9.97 Å². The van der Waals surface area contributed by atoms with E-state index in [9.17, 15) is 0 Å². The SMILES string of the molecule is CCc1ccc(C(C)(C)CCC(C)(C)c2ncccc2CC)nc1. The van der Waals surface area contributed by atoms with Gasteiger partial charge >= 0.3 is 0 Å². The van der Waals surface area contributed by atoms with Gasteiger partial charge in [-0.05, 0) is 48.9 Å². The van der Waals surface area contributed by atoms with Gasteiger partial charge < -0.3 is 0 Å². The smallest absolute Gasteiger partial charge is 0.0491 e. The first-order valence-corrected chi connectivity index (χ1v) is 9.20. The normalized spacial score (nSPS) is 12.4. The van der Waals surface area contributed by atoms with Crippen LogP contribution in [0.4, 0.5) is 0 Å². The second kappa shape index (κ2) is 7.46. The summed E-state index contributed by atoms with van der Waals surface area (Å²) in [5.74, 6) is 0. The van der Waals surface area contributed by atoms with Gasteiger partial charge in [-0.1, -0.05) is 53.7 Å². The highest BCUT2D eigenvalue weighted by molar-refractivity contribution is 5.27. The third-order valence-corrected chi connectivity index (χ3v) is 5.21. The lowest BCUT2D eigenvalue weighted by atomic mass is 9.74. The summed E-state index contributed by atoms with van der Waals surface area (Å²) < 4.78 is 0. The average Bonchev–Trinajstić information content (AvgIpc) is 2.60. The van der Waals surface area contributed by atoms with Gasteiger partial charge in [0.1, 0.15) is 0 Å². The van der Waals surface area contributed by atoms with Crippen LogP contribution < -0.4 is 0 Å². The van der Waals surface area contributed by atoms with Crippen LogP contribution in [-0.2, 0) is 23.7 Å². The molecule has 0 atom stereocenters. The minimum atomic E-state index is 0.0741. The maximum absolute atomic E-state index is 4.71. The molecule has 2 nitrogen and oxygen atoms in total. The maximum Gasteiger partial charge on any atom is 0.0491 e. The van der Waals surface area contributed by atoms with E-state index in [1.165, 1.54) is 22.5 Å². The molecule has 0 unspecified atom stereocenters. The molecule has 0 aliphatic rings. The summed E-state index contributed by atoms with van der Waals surface area (Å²) in [6.07, 6.45) is 8.22. The predicted octanol–water partition coefficient (Wildman–Crippen LogP) is 5.64. The summed E-state index contributed by atoms with van der Waals surface area (Å²) in [4.78, 5) is 9.41. The summed E-state index contributed by atoms with van der Waals surface area (Å²) in [5.41, 5.74) is 5.25. The molecule has 2 heteroatoms. The van der Waals surface area contributed by atoms with E-state index in [0.717, 1.165) is 25.7 Å². The Labute approximate surface area is 147 Å². The summed E-state index contributed by atoms with van der Waals surface area (Å²) >= 11 is 0. The molecule has 0 spiro atoms. The van der Waals surface area contributed by atoms with Gasteiger partial charge in [0, 0.05) is 34.6 Å². The first-order valence-electron chi connectivity index (χ1n) is 9.20. The highest BCUT2D eigenvalue weighted by atomic mass is 14.7. The number of nitrogens with zero attached hydrogens (tertiary/aromatic N) is 2. The molecule has 0 amide bonds. The standard InChI is InChI=1S/C22H32N2/c1-7-17-11-12-19(24-16-17)21(3,4)13-14-22(5,6)20-18(8-2)10-9-15-23-20/h9-12,15-16H,7-8,13-14H2,1-6H3. The summed E-state index contributed by atoms with van der Waals surface area (Å²) in [6, 6.07) is 8.66. The quantitative estimate of drug-likeness (QED) is 0.659. The predicted molar refractivity (Wildman–Crippen MR) is 103 cm³/mol. The second-order valence-electron chi connectivity index (χ2n) is 8.04. The fourth-order valence-electron chi connectivity index (χ4n) is 3.24. The highest BCUT2D eigenvalue weighted by Crippen LogP contribution is 2.35. The number of aromatic nitrogens is 2. The van der Waals surface area contributed by atoms with Gasteiger partial charge in [-0.3, -0.25) is 9.97 Å². The molecule has 2 aromatic heterocycles. The fraction of sp³-hybridized carbons (Fsp3) is 0.545. The van der Waals surface area contributed by atoms with Crippen LogP contribution in [0.25, 0.3) is 0 Å². The third-order valence-electron chi connectivity index (χ3n) is 5.21. The molecule has 24 heavy (non-hydrogen) atoms. The number of hydrogen-bond acceptors (Lipinski definition) is 2. The lowest BCUT2D eigenvalue weighted by molar-refractivity contribution is 0.362. The van der Waals surface area contributed by atoms with Crippen LogP contribution in [0.15, 0.2) is 36.7 Å². The van der Waals surface area contributed by atoms with Crippen molar-refractivity contribution in [2.24, 2.45) is 0 Å². The Kier molecular flexibility index (Phi) is 5.79.